The van der Waals surface area contributed by atoms with E-state index in [2.05, 4.69) is 33.7 Å². The van der Waals surface area contributed by atoms with Crippen molar-refractivity contribution in [2.24, 2.45) is 5.92 Å². The largest absolute Gasteiger partial charge is 0.477 e. The summed E-state index contributed by atoms with van der Waals surface area (Å²) >= 11 is 5.85. The van der Waals surface area contributed by atoms with Gasteiger partial charge in [-0.3, -0.25) is 9.82 Å². The average molecular weight is 544 g/mol. The highest BCUT2D eigenvalue weighted by atomic mass is 35.5. The molecule has 0 spiro atoms. The molecule has 0 atom stereocenters. The number of aryl methyl sites for hydroxylation is 1. The third-order valence-electron chi connectivity index (χ3n) is 6.47. The molecule has 2 aromatic heterocycles. The Hall–Kier alpha value is -3.21. The Morgan fingerprint density at radius 3 is 2.62 bits per heavy atom. The van der Waals surface area contributed by atoms with Gasteiger partial charge in [-0.1, -0.05) is 23.7 Å². The summed E-state index contributed by atoms with van der Waals surface area (Å²) in [7, 11) is -4.16. The lowest BCUT2D eigenvalue weighted by molar-refractivity contribution is 0.0369. The number of hydrogen-bond donors (Lipinski definition) is 2. The van der Waals surface area contributed by atoms with Crippen molar-refractivity contribution in [3.63, 3.8) is 0 Å². The summed E-state index contributed by atoms with van der Waals surface area (Å²) in [5, 5.41) is 8.35. The Bertz CT molecular complexity index is 1550. The molecule has 2 aromatic carbocycles. The number of sulfonamides is 1. The van der Waals surface area contributed by atoms with E-state index >= 15 is 0 Å². The number of likely N-dealkylation sites (tertiary alicyclic amines) is 1. The van der Waals surface area contributed by atoms with Crippen LogP contribution in [0.5, 0.6) is 5.88 Å². The number of hydrogen-bond acceptors (Lipinski definition) is 6. The van der Waals surface area contributed by atoms with E-state index in [1.54, 1.807) is 24.3 Å². The number of benzene rings is 2. The molecule has 194 valence electrons. The Balaban J connectivity index is 1.36. The molecule has 2 N–H and O–H groups in total. The molecule has 0 aliphatic carbocycles. The van der Waals surface area contributed by atoms with Crippen LogP contribution < -0.4 is 9.46 Å². The van der Waals surface area contributed by atoms with Crippen LogP contribution in [-0.4, -0.2) is 54.2 Å². The van der Waals surface area contributed by atoms with Crippen molar-refractivity contribution in [2.75, 3.05) is 24.4 Å². The van der Waals surface area contributed by atoms with Gasteiger partial charge in [0.25, 0.3) is 10.0 Å². The van der Waals surface area contributed by atoms with Gasteiger partial charge >= 0.3 is 0 Å². The number of nitrogens with zero attached hydrogens (tertiary/aromatic N) is 3. The molecule has 1 aliphatic rings. The van der Waals surface area contributed by atoms with Crippen molar-refractivity contribution in [3.8, 4) is 17.1 Å². The van der Waals surface area contributed by atoms with Crippen LogP contribution in [0.15, 0.2) is 53.4 Å². The number of nitrogens with one attached hydrogen (secondary N) is 2. The van der Waals surface area contributed by atoms with Gasteiger partial charge in [0, 0.05) is 47.0 Å². The van der Waals surface area contributed by atoms with Gasteiger partial charge < -0.3 is 9.64 Å². The van der Waals surface area contributed by atoms with Crippen molar-refractivity contribution in [1.82, 2.24) is 20.1 Å². The minimum atomic E-state index is -4.16. The molecule has 0 bridgehead atoms. The van der Waals surface area contributed by atoms with Gasteiger partial charge in [0.1, 0.15) is 10.7 Å². The van der Waals surface area contributed by atoms with E-state index in [0.29, 0.717) is 30.1 Å². The van der Waals surface area contributed by atoms with E-state index in [0.717, 1.165) is 47.4 Å². The summed E-state index contributed by atoms with van der Waals surface area (Å²) in [6.45, 7) is 8.87. The van der Waals surface area contributed by atoms with E-state index in [1.165, 1.54) is 6.07 Å². The van der Waals surface area contributed by atoms with Crippen LogP contribution in [0.3, 0.4) is 0 Å². The topological polar surface area (TPSA) is 100 Å². The number of anilines is 1. The second-order valence-corrected chi connectivity index (χ2v) is 11.6. The number of ether oxygens (including phenoxy) is 1. The van der Waals surface area contributed by atoms with Crippen LogP contribution >= 0.6 is 11.6 Å². The van der Waals surface area contributed by atoms with Crippen LogP contribution in [0.2, 0.25) is 5.02 Å². The number of aromatic amines is 1. The highest BCUT2D eigenvalue weighted by molar-refractivity contribution is 7.92. The first kappa shape index (κ1) is 25.4. The van der Waals surface area contributed by atoms with Gasteiger partial charge in [0.05, 0.1) is 23.2 Å². The number of fused-ring (bicyclic) bond motifs is 1. The van der Waals surface area contributed by atoms with Crippen LogP contribution in [-0.2, 0) is 10.0 Å². The quantitative estimate of drug-likeness (QED) is 0.315. The van der Waals surface area contributed by atoms with Gasteiger partial charge in [0.2, 0.25) is 5.88 Å². The molecule has 11 heteroatoms. The SMILES string of the molecule is Cc1[nH]nc2cc(-c3ccc(NS(=O)(=O)c4cc(Cl)ccc4F)cc3)nc(OCC3CN(C(C)C)C3)c12. The summed E-state index contributed by atoms with van der Waals surface area (Å²) in [4.78, 5) is 6.64. The van der Waals surface area contributed by atoms with E-state index < -0.39 is 20.7 Å². The molecule has 0 saturated carbocycles. The molecular formula is C26H27ClFN5O3S. The van der Waals surface area contributed by atoms with E-state index in [9.17, 15) is 12.8 Å². The molecule has 37 heavy (non-hydrogen) atoms. The molecule has 1 aliphatic heterocycles. The molecule has 0 radical (unpaired) electrons. The van der Waals surface area contributed by atoms with E-state index in [1.807, 2.05) is 13.0 Å². The Labute approximate surface area is 219 Å². The van der Waals surface area contributed by atoms with Crippen molar-refractivity contribution in [3.05, 3.63) is 65.1 Å². The maximum atomic E-state index is 14.1. The zero-order chi connectivity index (χ0) is 26.3. The summed E-state index contributed by atoms with van der Waals surface area (Å²) in [5.41, 5.74) is 3.27. The molecule has 1 saturated heterocycles. The van der Waals surface area contributed by atoms with Crippen LogP contribution in [0.4, 0.5) is 10.1 Å². The molecule has 4 aromatic rings. The Morgan fingerprint density at radius 2 is 1.92 bits per heavy atom. The third kappa shape index (κ3) is 5.27. The smallest absolute Gasteiger partial charge is 0.264 e. The maximum Gasteiger partial charge on any atom is 0.264 e. The number of aromatic nitrogens is 3. The number of rotatable bonds is 8. The average Bonchev–Trinajstić information content (AvgIpc) is 3.20. The summed E-state index contributed by atoms with van der Waals surface area (Å²) < 4.78 is 48.0. The number of halogens is 2. The molecule has 3 heterocycles. The fraction of sp³-hybridized carbons (Fsp3) is 0.308. The molecule has 0 amide bonds. The first-order valence-electron chi connectivity index (χ1n) is 11.9. The minimum Gasteiger partial charge on any atom is -0.477 e. The molecule has 0 unspecified atom stereocenters. The summed E-state index contributed by atoms with van der Waals surface area (Å²) in [5.74, 6) is 0.0846. The predicted octanol–water partition coefficient (Wildman–Crippen LogP) is 5.25. The lowest BCUT2D eigenvalue weighted by Crippen LogP contribution is -2.52. The molecular weight excluding hydrogens is 517 g/mol. The zero-order valence-electron chi connectivity index (χ0n) is 20.6. The van der Waals surface area contributed by atoms with Crippen molar-refractivity contribution >= 4 is 38.2 Å². The Morgan fingerprint density at radius 1 is 1.19 bits per heavy atom. The second-order valence-electron chi connectivity index (χ2n) is 9.54. The van der Waals surface area contributed by atoms with Crippen molar-refractivity contribution in [1.29, 1.82) is 0 Å². The highest BCUT2D eigenvalue weighted by Crippen LogP contribution is 2.32. The van der Waals surface area contributed by atoms with Gasteiger partial charge in [-0.2, -0.15) is 5.10 Å². The first-order valence-corrected chi connectivity index (χ1v) is 13.8. The van der Waals surface area contributed by atoms with Crippen LogP contribution in [0, 0.1) is 18.7 Å². The molecule has 8 nitrogen and oxygen atoms in total. The minimum absolute atomic E-state index is 0.125. The fourth-order valence-corrected chi connectivity index (χ4v) is 5.74. The van der Waals surface area contributed by atoms with Crippen molar-refractivity contribution in [2.45, 2.75) is 31.7 Å². The lowest BCUT2D eigenvalue weighted by atomic mass is 9.99. The monoisotopic (exact) mass is 543 g/mol. The normalized spacial score (nSPS) is 14.8. The predicted molar refractivity (Wildman–Crippen MR) is 142 cm³/mol. The summed E-state index contributed by atoms with van der Waals surface area (Å²) in [6.07, 6.45) is 0. The van der Waals surface area contributed by atoms with Gasteiger partial charge in [0.15, 0.2) is 0 Å². The van der Waals surface area contributed by atoms with E-state index in [4.69, 9.17) is 21.3 Å². The maximum absolute atomic E-state index is 14.1. The standard InChI is InChI=1S/C26H27ClFN5O3S/c1-15(2)33-12-17(13-33)14-36-26-25-16(3)30-31-23(25)11-22(29-26)18-4-7-20(8-5-18)32-37(34,35)24-10-19(27)6-9-21(24)28/h4-11,15,17,32H,12-14H2,1-3H3,(H,30,31). The zero-order valence-corrected chi connectivity index (χ0v) is 22.2. The molecule has 5 rings (SSSR count). The van der Waals surface area contributed by atoms with Crippen LogP contribution in [0.25, 0.3) is 22.2 Å². The number of H-pyrrole nitrogens is 1. The van der Waals surface area contributed by atoms with Gasteiger partial charge in [-0.15, -0.1) is 0 Å². The highest BCUT2D eigenvalue weighted by Gasteiger charge is 2.29. The van der Waals surface area contributed by atoms with Gasteiger partial charge in [-0.25, -0.2) is 17.8 Å². The summed E-state index contributed by atoms with van der Waals surface area (Å²) in [6, 6.07) is 12.4. The second kappa shape index (κ2) is 9.92. The Kier molecular flexibility index (Phi) is 6.82. The number of pyridine rings is 1. The van der Waals surface area contributed by atoms with Crippen LogP contribution in [0.1, 0.15) is 19.5 Å². The van der Waals surface area contributed by atoms with Gasteiger partial charge in [-0.05, 0) is 57.2 Å². The lowest BCUT2D eigenvalue weighted by Gasteiger charge is -2.41. The van der Waals surface area contributed by atoms with E-state index in [-0.39, 0.29) is 10.7 Å². The van der Waals surface area contributed by atoms with Crippen molar-refractivity contribution < 1.29 is 17.5 Å². The fourth-order valence-electron chi connectivity index (χ4n) is 4.34. The third-order valence-corrected chi connectivity index (χ3v) is 8.10. The first-order chi connectivity index (χ1) is 17.6. The molecule has 1 fully saturated rings.